The van der Waals surface area contributed by atoms with Crippen LogP contribution in [0.1, 0.15) is 24.8 Å². The van der Waals surface area contributed by atoms with E-state index in [1.807, 2.05) is 0 Å². The highest BCUT2D eigenvalue weighted by Gasteiger charge is 2.35. The number of anilines is 1. The van der Waals surface area contributed by atoms with Crippen molar-refractivity contribution in [2.24, 2.45) is 0 Å². The molecule has 2 aliphatic rings. The van der Waals surface area contributed by atoms with Crippen molar-refractivity contribution in [1.82, 2.24) is 8.61 Å². The molecule has 3 rings (SSSR count). The topological polar surface area (TPSA) is 113 Å². The maximum Gasteiger partial charge on any atom is 0.243 e. The largest absolute Gasteiger partial charge is 0.379 e. The Balaban J connectivity index is 1.84. The van der Waals surface area contributed by atoms with Gasteiger partial charge in [0.25, 0.3) is 0 Å². The van der Waals surface area contributed by atoms with E-state index >= 15 is 0 Å². The third kappa shape index (κ3) is 4.97. The second-order valence-electron chi connectivity index (χ2n) is 7.37. The van der Waals surface area contributed by atoms with Gasteiger partial charge in [-0.1, -0.05) is 12.5 Å². The van der Waals surface area contributed by atoms with Gasteiger partial charge < -0.3 is 10.1 Å². The zero-order valence-corrected chi connectivity index (χ0v) is 18.3. The van der Waals surface area contributed by atoms with Gasteiger partial charge in [0.1, 0.15) is 6.04 Å². The number of hydrogen-bond acceptors (Lipinski definition) is 6. The van der Waals surface area contributed by atoms with Gasteiger partial charge in [-0.2, -0.15) is 8.61 Å². The van der Waals surface area contributed by atoms with Crippen molar-refractivity contribution in [2.45, 2.75) is 37.1 Å². The molecule has 1 aromatic carbocycles. The Hall–Kier alpha value is -1.53. The molecule has 11 heteroatoms. The zero-order chi connectivity index (χ0) is 21.2. The lowest BCUT2D eigenvalue weighted by molar-refractivity contribution is -0.120. The van der Waals surface area contributed by atoms with Crippen molar-refractivity contribution >= 4 is 31.6 Å². The van der Waals surface area contributed by atoms with Gasteiger partial charge in [0.15, 0.2) is 0 Å². The van der Waals surface area contributed by atoms with Gasteiger partial charge in [-0.05, 0) is 37.5 Å². The van der Waals surface area contributed by atoms with Crippen LogP contribution in [0.2, 0.25) is 0 Å². The molecule has 0 aromatic heterocycles. The van der Waals surface area contributed by atoms with Crippen LogP contribution >= 0.6 is 0 Å². The van der Waals surface area contributed by atoms with Crippen LogP contribution in [-0.4, -0.2) is 76.5 Å². The first-order valence-corrected chi connectivity index (χ1v) is 12.9. The summed E-state index contributed by atoms with van der Waals surface area (Å²) < 4.78 is 57.6. The van der Waals surface area contributed by atoms with Gasteiger partial charge in [0, 0.05) is 25.3 Å². The molecule has 9 nitrogen and oxygen atoms in total. The van der Waals surface area contributed by atoms with E-state index in [9.17, 15) is 21.6 Å². The maximum absolute atomic E-state index is 12.9. The van der Waals surface area contributed by atoms with Crippen molar-refractivity contribution in [2.75, 3.05) is 44.4 Å². The minimum absolute atomic E-state index is 0.0870. The van der Waals surface area contributed by atoms with E-state index in [0.29, 0.717) is 43.9 Å². The summed E-state index contributed by atoms with van der Waals surface area (Å²) in [6, 6.07) is 3.79. The quantitative estimate of drug-likeness (QED) is 0.716. The molecule has 1 aromatic rings. The molecule has 1 amide bonds. The van der Waals surface area contributed by atoms with Crippen molar-refractivity contribution in [3.63, 3.8) is 0 Å². The lowest BCUT2D eigenvalue weighted by Crippen LogP contribution is -2.49. The molecule has 29 heavy (non-hydrogen) atoms. The van der Waals surface area contributed by atoms with E-state index in [1.165, 1.54) is 20.7 Å². The van der Waals surface area contributed by atoms with Crippen LogP contribution in [0.3, 0.4) is 0 Å². The fourth-order valence-corrected chi connectivity index (χ4v) is 6.17. The average Bonchev–Trinajstić information content (AvgIpc) is 2.69. The SMILES string of the molecule is Cc1ccc(S(=O)(=O)N2CCOCC2)cc1NC(=O)C1CCCCN1S(C)(=O)=O. The van der Waals surface area contributed by atoms with Gasteiger partial charge in [-0.25, -0.2) is 16.8 Å². The molecule has 162 valence electrons. The van der Waals surface area contributed by atoms with E-state index in [2.05, 4.69) is 5.32 Å². The van der Waals surface area contributed by atoms with E-state index < -0.39 is 32.0 Å². The van der Waals surface area contributed by atoms with Crippen LogP contribution in [0.15, 0.2) is 23.1 Å². The molecule has 0 saturated carbocycles. The number of amides is 1. The number of carbonyl (C=O) groups is 1. The van der Waals surface area contributed by atoms with Gasteiger partial charge in [-0.3, -0.25) is 4.79 Å². The Morgan fingerprint density at radius 1 is 1.10 bits per heavy atom. The number of aryl methyl sites for hydroxylation is 1. The van der Waals surface area contributed by atoms with E-state index in [-0.39, 0.29) is 18.0 Å². The van der Waals surface area contributed by atoms with Crippen LogP contribution in [0, 0.1) is 6.92 Å². The molecule has 2 aliphatic heterocycles. The van der Waals surface area contributed by atoms with Crippen LogP contribution in [0.4, 0.5) is 5.69 Å². The Bertz CT molecular complexity index is 971. The molecule has 1 atom stereocenters. The number of morpholine rings is 1. The third-order valence-corrected chi connectivity index (χ3v) is 8.44. The van der Waals surface area contributed by atoms with Crippen molar-refractivity contribution in [3.05, 3.63) is 23.8 Å². The summed E-state index contributed by atoms with van der Waals surface area (Å²) in [6.07, 6.45) is 3.00. The molecule has 2 fully saturated rings. The molecule has 1 N–H and O–H groups in total. The maximum atomic E-state index is 12.9. The fourth-order valence-electron chi connectivity index (χ4n) is 3.61. The van der Waals surface area contributed by atoms with Crippen LogP contribution < -0.4 is 5.32 Å². The smallest absolute Gasteiger partial charge is 0.243 e. The minimum atomic E-state index is -3.70. The van der Waals surface area contributed by atoms with E-state index in [4.69, 9.17) is 4.74 Å². The molecule has 0 radical (unpaired) electrons. The molecule has 0 spiro atoms. The summed E-state index contributed by atoms with van der Waals surface area (Å²) in [6.45, 7) is 3.32. The number of hydrogen-bond donors (Lipinski definition) is 1. The van der Waals surface area contributed by atoms with Crippen molar-refractivity contribution in [3.8, 4) is 0 Å². The minimum Gasteiger partial charge on any atom is -0.379 e. The van der Waals surface area contributed by atoms with Crippen molar-refractivity contribution in [1.29, 1.82) is 0 Å². The predicted octanol–water partition coefficient (Wildman–Crippen LogP) is 0.769. The first-order chi connectivity index (χ1) is 13.6. The second-order valence-corrected chi connectivity index (χ2v) is 11.2. The standard InChI is InChI=1S/C18H27N3O6S2/c1-14-6-7-15(29(25,26)20-9-11-27-12-10-20)13-16(14)19-18(22)17-5-3-4-8-21(17)28(2,23)24/h6-7,13,17H,3-5,8-12H2,1-2H3,(H,19,22). The molecule has 2 heterocycles. The normalized spacial score (nSPS) is 22.3. The van der Waals surface area contributed by atoms with Gasteiger partial charge in [0.2, 0.25) is 26.0 Å². The monoisotopic (exact) mass is 445 g/mol. The summed E-state index contributed by atoms with van der Waals surface area (Å²) >= 11 is 0. The first-order valence-electron chi connectivity index (χ1n) is 9.57. The average molecular weight is 446 g/mol. The van der Waals surface area contributed by atoms with E-state index in [0.717, 1.165) is 12.7 Å². The van der Waals surface area contributed by atoms with Gasteiger partial charge in [0.05, 0.1) is 24.4 Å². The Morgan fingerprint density at radius 2 is 1.79 bits per heavy atom. The highest BCUT2D eigenvalue weighted by atomic mass is 32.2. The molecule has 0 bridgehead atoms. The highest BCUT2D eigenvalue weighted by molar-refractivity contribution is 7.89. The van der Waals surface area contributed by atoms with Crippen LogP contribution in [0.25, 0.3) is 0 Å². The number of carbonyl (C=O) groups excluding carboxylic acids is 1. The zero-order valence-electron chi connectivity index (χ0n) is 16.6. The number of ether oxygens (including phenoxy) is 1. The Labute approximate surface area is 172 Å². The third-order valence-electron chi connectivity index (χ3n) is 5.26. The first kappa shape index (κ1) is 22.2. The number of sulfonamides is 2. The molecule has 2 saturated heterocycles. The number of rotatable bonds is 5. The lowest BCUT2D eigenvalue weighted by atomic mass is 10.0. The van der Waals surface area contributed by atoms with Gasteiger partial charge >= 0.3 is 0 Å². The molecule has 0 aliphatic carbocycles. The van der Waals surface area contributed by atoms with Crippen molar-refractivity contribution < 1.29 is 26.4 Å². The number of piperidine rings is 1. The lowest BCUT2D eigenvalue weighted by Gasteiger charge is -2.32. The highest BCUT2D eigenvalue weighted by Crippen LogP contribution is 2.26. The summed E-state index contributed by atoms with van der Waals surface area (Å²) in [5.74, 6) is -0.445. The van der Waals surface area contributed by atoms with Crippen LogP contribution in [-0.2, 0) is 29.6 Å². The molecule has 1 unspecified atom stereocenters. The number of nitrogens with zero attached hydrogens (tertiary/aromatic N) is 2. The molecular formula is C18H27N3O6S2. The summed E-state index contributed by atoms with van der Waals surface area (Å²) in [4.78, 5) is 12.9. The second kappa shape index (κ2) is 8.68. The number of nitrogens with one attached hydrogen (secondary N) is 1. The van der Waals surface area contributed by atoms with Crippen LogP contribution in [0.5, 0.6) is 0 Å². The summed E-state index contributed by atoms with van der Waals surface area (Å²) in [5, 5.41) is 2.74. The van der Waals surface area contributed by atoms with Gasteiger partial charge in [-0.15, -0.1) is 0 Å². The number of benzene rings is 1. The molecular weight excluding hydrogens is 418 g/mol. The Morgan fingerprint density at radius 3 is 2.45 bits per heavy atom. The Kier molecular flexibility index (Phi) is 6.64. The van der Waals surface area contributed by atoms with E-state index in [1.54, 1.807) is 13.0 Å². The predicted molar refractivity (Wildman–Crippen MR) is 109 cm³/mol. The summed E-state index contributed by atoms with van der Waals surface area (Å²) in [5.41, 5.74) is 1.06. The summed E-state index contributed by atoms with van der Waals surface area (Å²) in [7, 11) is -7.21. The fraction of sp³-hybridized carbons (Fsp3) is 0.611.